The fourth-order valence-corrected chi connectivity index (χ4v) is 4.47. The molecule has 3 amide bonds. The molecule has 1 aliphatic carbocycles. The molecular formula is C23H20Cl2N2O5. The molecule has 0 bridgehead atoms. The van der Waals surface area contributed by atoms with E-state index < -0.39 is 18.5 Å². The summed E-state index contributed by atoms with van der Waals surface area (Å²) in [5, 5.41) is 3.19. The lowest BCUT2D eigenvalue weighted by Gasteiger charge is -2.19. The van der Waals surface area contributed by atoms with E-state index >= 15 is 0 Å². The van der Waals surface area contributed by atoms with Crippen LogP contribution in [-0.4, -0.2) is 30.3 Å². The quantitative estimate of drug-likeness (QED) is 0.509. The first-order chi connectivity index (χ1) is 15.3. The molecule has 1 aliphatic heterocycles. The van der Waals surface area contributed by atoms with Gasteiger partial charge >= 0.3 is 5.97 Å². The van der Waals surface area contributed by atoms with E-state index in [4.69, 9.17) is 27.9 Å². The van der Waals surface area contributed by atoms with Gasteiger partial charge in [-0.05, 0) is 49.2 Å². The van der Waals surface area contributed by atoms with Gasteiger partial charge in [-0.1, -0.05) is 42.1 Å². The number of nitrogens with zero attached hydrogens (tertiary/aromatic N) is 1. The van der Waals surface area contributed by atoms with Crippen LogP contribution >= 0.6 is 23.2 Å². The summed E-state index contributed by atoms with van der Waals surface area (Å²) in [7, 11) is 0. The Bertz CT molecular complexity index is 1080. The maximum atomic E-state index is 12.8. The lowest BCUT2D eigenvalue weighted by Crippen LogP contribution is -2.31. The highest BCUT2D eigenvalue weighted by molar-refractivity contribution is 6.42. The molecule has 1 N–H and O–H groups in total. The number of fused-ring (bicyclic) bond motifs is 1. The van der Waals surface area contributed by atoms with Crippen molar-refractivity contribution >= 4 is 58.3 Å². The topological polar surface area (TPSA) is 92.8 Å². The van der Waals surface area contributed by atoms with Gasteiger partial charge in [0.2, 0.25) is 11.8 Å². The van der Waals surface area contributed by atoms with Crippen LogP contribution in [0, 0.1) is 11.8 Å². The average Bonchev–Trinajstić information content (AvgIpc) is 3.05. The SMILES string of the molecule is O=C(COC(=O)c1cccc(N2C(=O)[C@H]3CCCC[C@H]3C2=O)c1)Nc1ccc(Cl)c(Cl)c1. The summed E-state index contributed by atoms with van der Waals surface area (Å²) in [5.41, 5.74) is 0.888. The van der Waals surface area contributed by atoms with Crippen LogP contribution in [0.1, 0.15) is 36.0 Å². The van der Waals surface area contributed by atoms with Crippen molar-refractivity contribution < 1.29 is 23.9 Å². The summed E-state index contributed by atoms with van der Waals surface area (Å²) in [6, 6.07) is 10.7. The van der Waals surface area contributed by atoms with Gasteiger partial charge < -0.3 is 10.1 Å². The monoisotopic (exact) mass is 474 g/mol. The minimum atomic E-state index is -0.743. The normalized spacial score (nSPS) is 20.1. The van der Waals surface area contributed by atoms with Crippen molar-refractivity contribution in [3.63, 3.8) is 0 Å². The fraction of sp³-hybridized carbons (Fsp3) is 0.304. The second-order valence-corrected chi connectivity index (χ2v) is 8.63. The molecule has 2 atom stereocenters. The molecule has 1 saturated carbocycles. The number of halogens is 2. The zero-order valence-electron chi connectivity index (χ0n) is 17.0. The molecule has 166 valence electrons. The highest BCUT2D eigenvalue weighted by Crippen LogP contribution is 2.40. The van der Waals surface area contributed by atoms with Gasteiger partial charge in [0, 0.05) is 5.69 Å². The Morgan fingerprint density at radius 1 is 0.969 bits per heavy atom. The number of hydrogen-bond donors (Lipinski definition) is 1. The molecule has 32 heavy (non-hydrogen) atoms. The van der Waals surface area contributed by atoms with Crippen LogP contribution in [0.3, 0.4) is 0 Å². The molecule has 1 heterocycles. The zero-order valence-corrected chi connectivity index (χ0v) is 18.5. The summed E-state index contributed by atoms with van der Waals surface area (Å²) in [6.07, 6.45) is 3.29. The molecule has 0 radical (unpaired) electrons. The van der Waals surface area contributed by atoms with Crippen LogP contribution in [0.25, 0.3) is 0 Å². The van der Waals surface area contributed by atoms with E-state index in [2.05, 4.69) is 5.32 Å². The predicted octanol–water partition coefficient (Wildman–Crippen LogP) is 4.47. The Kier molecular flexibility index (Phi) is 6.48. The van der Waals surface area contributed by atoms with Crippen LogP contribution in [-0.2, 0) is 19.1 Å². The standard InChI is InChI=1S/C23H20Cl2N2O5/c24-18-9-8-14(11-19(18)25)26-20(28)12-32-23(31)13-4-3-5-15(10-13)27-21(29)16-6-1-2-7-17(16)22(27)30/h3-5,8-11,16-17H,1-2,6-7,12H2,(H,26,28)/t16-,17+. The predicted molar refractivity (Wildman–Crippen MR) is 120 cm³/mol. The smallest absolute Gasteiger partial charge is 0.338 e. The largest absolute Gasteiger partial charge is 0.452 e. The number of rotatable bonds is 5. The molecule has 0 spiro atoms. The first-order valence-corrected chi connectivity index (χ1v) is 11.0. The summed E-state index contributed by atoms with van der Waals surface area (Å²) in [4.78, 5) is 51.3. The average molecular weight is 475 g/mol. The third kappa shape index (κ3) is 4.49. The molecule has 0 aromatic heterocycles. The number of nitrogens with one attached hydrogen (secondary N) is 1. The molecule has 2 fully saturated rings. The number of esters is 1. The number of imide groups is 1. The maximum Gasteiger partial charge on any atom is 0.338 e. The van der Waals surface area contributed by atoms with E-state index in [1.54, 1.807) is 18.2 Å². The minimum Gasteiger partial charge on any atom is -0.452 e. The van der Waals surface area contributed by atoms with Crippen molar-refractivity contribution in [1.29, 1.82) is 0 Å². The van der Waals surface area contributed by atoms with Crippen LogP contribution in [0.4, 0.5) is 11.4 Å². The van der Waals surface area contributed by atoms with Gasteiger partial charge in [0.25, 0.3) is 5.91 Å². The van der Waals surface area contributed by atoms with Gasteiger partial charge in [0.15, 0.2) is 6.61 Å². The minimum absolute atomic E-state index is 0.139. The fourth-order valence-electron chi connectivity index (χ4n) is 4.17. The Labute approximate surface area is 194 Å². The van der Waals surface area contributed by atoms with Gasteiger partial charge in [-0.3, -0.25) is 19.3 Å². The van der Waals surface area contributed by atoms with Crippen LogP contribution in [0.15, 0.2) is 42.5 Å². The third-order valence-electron chi connectivity index (χ3n) is 5.72. The van der Waals surface area contributed by atoms with Crippen molar-refractivity contribution in [2.75, 3.05) is 16.8 Å². The number of carbonyl (C=O) groups excluding carboxylic acids is 4. The highest BCUT2D eigenvalue weighted by atomic mass is 35.5. The molecular weight excluding hydrogens is 455 g/mol. The number of carbonyl (C=O) groups is 4. The number of hydrogen-bond acceptors (Lipinski definition) is 5. The van der Waals surface area contributed by atoms with Crippen molar-refractivity contribution in [3.05, 3.63) is 58.1 Å². The molecule has 4 rings (SSSR count). The van der Waals surface area contributed by atoms with Crippen molar-refractivity contribution in [2.24, 2.45) is 11.8 Å². The number of amides is 3. The zero-order chi connectivity index (χ0) is 22.8. The van der Waals surface area contributed by atoms with Crippen LogP contribution in [0.2, 0.25) is 10.0 Å². The van der Waals surface area contributed by atoms with Crippen molar-refractivity contribution in [1.82, 2.24) is 0 Å². The molecule has 0 unspecified atom stereocenters. The summed E-state index contributed by atoms with van der Waals surface area (Å²) in [5.74, 6) is -2.29. The van der Waals surface area contributed by atoms with Gasteiger partial charge in [-0.25, -0.2) is 4.79 Å². The van der Waals surface area contributed by atoms with E-state index in [1.165, 1.54) is 29.2 Å². The maximum absolute atomic E-state index is 12.8. The second-order valence-electron chi connectivity index (χ2n) is 7.81. The molecule has 9 heteroatoms. The van der Waals surface area contributed by atoms with E-state index in [9.17, 15) is 19.2 Å². The van der Waals surface area contributed by atoms with E-state index in [0.29, 0.717) is 29.2 Å². The van der Waals surface area contributed by atoms with E-state index in [-0.39, 0.29) is 34.2 Å². The van der Waals surface area contributed by atoms with Crippen molar-refractivity contribution in [2.45, 2.75) is 25.7 Å². The molecule has 1 saturated heterocycles. The number of ether oxygens (including phenoxy) is 1. The summed E-state index contributed by atoms with van der Waals surface area (Å²) < 4.78 is 5.08. The molecule has 2 aromatic carbocycles. The van der Waals surface area contributed by atoms with Crippen LogP contribution < -0.4 is 10.2 Å². The molecule has 7 nitrogen and oxygen atoms in total. The third-order valence-corrected chi connectivity index (χ3v) is 6.46. The van der Waals surface area contributed by atoms with Gasteiger partial charge in [-0.15, -0.1) is 0 Å². The first-order valence-electron chi connectivity index (χ1n) is 10.2. The second kappa shape index (κ2) is 9.30. The molecule has 2 aromatic rings. The van der Waals surface area contributed by atoms with Gasteiger partial charge in [0.05, 0.1) is 33.1 Å². The number of benzene rings is 2. The lowest BCUT2D eigenvalue weighted by atomic mass is 9.81. The van der Waals surface area contributed by atoms with E-state index in [0.717, 1.165) is 12.8 Å². The highest BCUT2D eigenvalue weighted by Gasteiger charge is 2.48. The Morgan fingerprint density at radius 2 is 1.66 bits per heavy atom. The number of anilines is 2. The van der Waals surface area contributed by atoms with E-state index in [1.807, 2.05) is 0 Å². The van der Waals surface area contributed by atoms with Gasteiger partial charge in [0.1, 0.15) is 0 Å². The summed E-state index contributed by atoms with van der Waals surface area (Å²) >= 11 is 11.8. The Hall–Kier alpha value is -2.90. The van der Waals surface area contributed by atoms with Crippen LogP contribution in [0.5, 0.6) is 0 Å². The Morgan fingerprint density at radius 3 is 2.31 bits per heavy atom. The lowest BCUT2D eigenvalue weighted by molar-refractivity contribution is -0.122. The first kappa shape index (κ1) is 22.3. The Balaban J connectivity index is 1.40. The van der Waals surface area contributed by atoms with Crippen molar-refractivity contribution in [3.8, 4) is 0 Å². The molecule has 2 aliphatic rings. The summed E-state index contributed by atoms with van der Waals surface area (Å²) in [6.45, 7) is -0.519. The van der Waals surface area contributed by atoms with Gasteiger partial charge in [-0.2, -0.15) is 0 Å².